The van der Waals surface area contributed by atoms with E-state index >= 15 is 0 Å². The van der Waals surface area contributed by atoms with E-state index in [1.54, 1.807) is 18.2 Å². The number of rotatable bonds is 8. The van der Waals surface area contributed by atoms with Crippen molar-refractivity contribution in [3.63, 3.8) is 0 Å². The zero-order valence-corrected chi connectivity index (χ0v) is 14.7. The molecule has 0 bridgehead atoms. The van der Waals surface area contributed by atoms with Crippen molar-refractivity contribution in [3.05, 3.63) is 29.8 Å². The number of sulfonamides is 1. The van der Waals surface area contributed by atoms with E-state index in [0.717, 1.165) is 12.8 Å². The maximum Gasteiger partial charge on any atom is 0.244 e. The number of carbonyl (C=O) groups excluding carboxylic acids is 1. The molecule has 0 aliphatic heterocycles. The van der Waals surface area contributed by atoms with Crippen LogP contribution in [0.25, 0.3) is 6.08 Å². The summed E-state index contributed by atoms with van der Waals surface area (Å²) in [5, 5.41) is 2.88. The van der Waals surface area contributed by atoms with E-state index in [9.17, 15) is 13.2 Å². The van der Waals surface area contributed by atoms with Crippen molar-refractivity contribution in [1.82, 2.24) is 10.0 Å². The molecule has 0 heterocycles. The van der Waals surface area contributed by atoms with Gasteiger partial charge in [0.2, 0.25) is 15.9 Å². The average Bonchev–Trinajstić information content (AvgIpc) is 2.57. The summed E-state index contributed by atoms with van der Waals surface area (Å²) in [6, 6.07) is 4.85. The van der Waals surface area contributed by atoms with E-state index in [-0.39, 0.29) is 22.6 Å². The minimum Gasteiger partial charge on any atom is -0.495 e. The maximum absolute atomic E-state index is 12.0. The summed E-state index contributed by atoms with van der Waals surface area (Å²) in [4.78, 5) is 11.9. The molecule has 1 aromatic carbocycles. The number of benzene rings is 1. The normalized spacial score (nSPS) is 11.9. The predicted octanol–water partition coefficient (Wildman–Crippen LogP) is 1.92. The van der Waals surface area contributed by atoms with E-state index < -0.39 is 10.0 Å². The Kier molecular flexibility index (Phi) is 7.25. The number of amides is 1. The predicted molar refractivity (Wildman–Crippen MR) is 90.8 cm³/mol. The van der Waals surface area contributed by atoms with Gasteiger partial charge in [0.1, 0.15) is 10.6 Å². The molecule has 0 aromatic heterocycles. The van der Waals surface area contributed by atoms with Crippen LogP contribution in [0.2, 0.25) is 0 Å². The quantitative estimate of drug-likeness (QED) is 0.708. The molecule has 0 atom stereocenters. The Hall–Kier alpha value is -1.86. The fraction of sp³-hybridized carbons (Fsp3) is 0.438. The molecule has 1 aromatic rings. The summed E-state index contributed by atoms with van der Waals surface area (Å²) in [6.07, 6.45) is 4.70. The summed E-state index contributed by atoms with van der Waals surface area (Å²) in [6.45, 7) is 4.02. The van der Waals surface area contributed by atoms with Crippen molar-refractivity contribution < 1.29 is 17.9 Å². The van der Waals surface area contributed by atoms with Gasteiger partial charge in [-0.1, -0.05) is 19.9 Å². The zero-order chi connectivity index (χ0) is 17.5. The van der Waals surface area contributed by atoms with Crippen LogP contribution < -0.4 is 14.8 Å². The first-order valence-corrected chi connectivity index (χ1v) is 8.96. The Labute approximate surface area is 138 Å². The van der Waals surface area contributed by atoms with Crippen LogP contribution in [0.15, 0.2) is 29.2 Å². The van der Waals surface area contributed by atoms with E-state index in [2.05, 4.69) is 10.0 Å². The maximum atomic E-state index is 12.0. The average molecular weight is 340 g/mol. The van der Waals surface area contributed by atoms with Gasteiger partial charge < -0.3 is 10.1 Å². The number of hydrogen-bond donors (Lipinski definition) is 2. The lowest BCUT2D eigenvalue weighted by molar-refractivity contribution is -0.117. The van der Waals surface area contributed by atoms with Crippen molar-refractivity contribution in [2.45, 2.75) is 37.6 Å². The van der Waals surface area contributed by atoms with Gasteiger partial charge in [0.25, 0.3) is 0 Å². The number of methoxy groups -OCH3 is 1. The fourth-order valence-electron chi connectivity index (χ4n) is 2.03. The minimum absolute atomic E-state index is 0.0325. The molecule has 128 valence electrons. The molecule has 0 aliphatic rings. The Morgan fingerprint density at radius 1 is 1.30 bits per heavy atom. The van der Waals surface area contributed by atoms with Gasteiger partial charge in [0.15, 0.2) is 0 Å². The molecule has 6 nitrogen and oxygen atoms in total. The number of ether oxygens (including phenoxy) is 1. The first-order chi connectivity index (χ1) is 10.9. The van der Waals surface area contributed by atoms with E-state index in [1.807, 2.05) is 13.8 Å². The van der Waals surface area contributed by atoms with Crippen molar-refractivity contribution in [1.29, 1.82) is 0 Å². The number of hydrogen-bond acceptors (Lipinski definition) is 4. The topological polar surface area (TPSA) is 84.5 Å². The van der Waals surface area contributed by atoms with Crippen molar-refractivity contribution in [3.8, 4) is 5.75 Å². The Bertz CT molecular complexity index is 665. The Morgan fingerprint density at radius 2 is 1.96 bits per heavy atom. The lowest BCUT2D eigenvalue weighted by Gasteiger charge is -2.12. The summed E-state index contributed by atoms with van der Waals surface area (Å²) < 4.78 is 31.3. The molecule has 0 spiro atoms. The van der Waals surface area contributed by atoms with E-state index in [1.165, 1.54) is 26.3 Å². The number of nitrogens with one attached hydrogen (secondary N) is 2. The van der Waals surface area contributed by atoms with Crippen LogP contribution in [-0.2, 0) is 14.8 Å². The van der Waals surface area contributed by atoms with Crippen LogP contribution in [0.5, 0.6) is 5.75 Å². The highest BCUT2D eigenvalue weighted by molar-refractivity contribution is 7.89. The molecule has 0 saturated heterocycles. The van der Waals surface area contributed by atoms with Gasteiger partial charge >= 0.3 is 0 Å². The lowest BCUT2D eigenvalue weighted by atomic mass is 10.1. The van der Waals surface area contributed by atoms with Gasteiger partial charge in [-0.3, -0.25) is 4.79 Å². The molecule has 0 fully saturated rings. The van der Waals surface area contributed by atoms with Crippen LogP contribution >= 0.6 is 0 Å². The van der Waals surface area contributed by atoms with E-state index in [4.69, 9.17) is 4.74 Å². The minimum atomic E-state index is -3.64. The van der Waals surface area contributed by atoms with Gasteiger partial charge in [-0.15, -0.1) is 0 Å². The molecule has 2 N–H and O–H groups in total. The molecule has 0 aliphatic carbocycles. The molecule has 7 heteroatoms. The van der Waals surface area contributed by atoms with E-state index in [0.29, 0.717) is 5.56 Å². The summed E-state index contributed by atoms with van der Waals surface area (Å²) >= 11 is 0. The summed E-state index contributed by atoms with van der Waals surface area (Å²) in [5.74, 6) is 0.0468. The molecule has 0 unspecified atom stereocenters. The van der Waals surface area contributed by atoms with Crippen LogP contribution in [-0.4, -0.2) is 34.5 Å². The largest absolute Gasteiger partial charge is 0.495 e. The highest BCUT2D eigenvalue weighted by Crippen LogP contribution is 2.25. The molecule has 0 saturated carbocycles. The summed E-state index contributed by atoms with van der Waals surface area (Å²) in [5.41, 5.74) is 0.597. The van der Waals surface area contributed by atoms with Gasteiger partial charge in [-0.05, 0) is 43.7 Å². The highest BCUT2D eigenvalue weighted by Gasteiger charge is 2.17. The van der Waals surface area contributed by atoms with Crippen LogP contribution in [0.1, 0.15) is 32.3 Å². The van der Waals surface area contributed by atoms with Crippen LogP contribution in [0.3, 0.4) is 0 Å². The monoisotopic (exact) mass is 340 g/mol. The van der Waals surface area contributed by atoms with Crippen molar-refractivity contribution in [2.75, 3.05) is 14.2 Å². The molecule has 23 heavy (non-hydrogen) atoms. The van der Waals surface area contributed by atoms with Gasteiger partial charge in [-0.2, -0.15) is 0 Å². The van der Waals surface area contributed by atoms with Crippen LogP contribution in [0.4, 0.5) is 0 Å². The molecular formula is C16H24N2O4S. The fourth-order valence-corrected chi connectivity index (χ4v) is 2.96. The van der Waals surface area contributed by atoms with Gasteiger partial charge in [0, 0.05) is 12.1 Å². The van der Waals surface area contributed by atoms with Crippen LogP contribution in [0, 0.1) is 0 Å². The zero-order valence-electron chi connectivity index (χ0n) is 13.9. The molecule has 1 rings (SSSR count). The smallest absolute Gasteiger partial charge is 0.244 e. The Morgan fingerprint density at radius 3 is 2.48 bits per heavy atom. The van der Waals surface area contributed by atoms with Gasteiger partial charge in [0.05, 0.1) is 7.11 Å². The molecule has 0 radical (unpaired) electrons. The Balaban J connectivity index is 3.00. The third-order valence-electron chi connectivity index (χ3n) is 3.51. The second-order valence-electron chi connectivity index (χ2n) is 4.97. The number of carbonyl (C=O) groups is 1. The van der Waals surface area contributed by atoms with Crippen molar-refractivity contribution in [2.24, 2.45) is 0 Å². The highest BCUT2D eigenvalue weighted by atomic mass is 32.2. The third kappa shape index (κ3) is 5.37. The van der Waals surface area contributed by atoms with Crippen molar-refractivity contribution >= 4 is 22.0 Å². The third-order valence-corrected chi connectivity index (χ3v) is 4.94. The lowest BCUT2D eigenvalue weighted by Crippen LogP contribution is -2.32. The SMILES string of the molecule is CCC(CC)NC(=O)/C=C/c1ccc(OC)c(S(=O)(=O)NC)c1. The first kappa shape index (κ1) is 19.2. The second kappa shape index (κ2) is 8.69. The summed E-state index contributed by atoms with van der Waals surface area (Å²) in [7, 11) is -0.899. The first-order valence-electron chi connectivity index (χ1n) is 7.48. The molecular weight excluding hydrogens is 316 g/mol. The van der Waals surface area contributed by atoms with Gasteiger partial charge in [-0.25, -0.2) is 13.1 Å². The molecule has 1 amide bonds. The standard InChI is InChI=1S/C16H24N2O4S/c1-5-13(6-2)18-16(19)10-8-12-7-9-14(22-4)15(11-12)23(20,21)17-3/h7-11,13,17H,5-6H2,1-4H3,(H,18,19)/b10-8+. The second-order valence-corrected chi connectivity index (χ2v) is 6.83.